The van der Waals surface area contributed by atoms with Crippen molar-refractivity contribution in [2.45, 2.75) is 49.6 Å². The summed E-state index contributed by atoms with van der Waals surface area (Å²) in [7, 11) is 0. The van der Waals surface area contributed by atoms with Crippen molar-refractivity contribution >= 4 is 35.0 Å². The first kappa shape index (κ1) is 22.7. The average Bonchev–Trinajstić information content (AvgIpc) is 3.27. The summed E-state index contributed by atoms with van der Waals surface area (Å²) in [6, 6.07) is 7.27. The van der Waals surface area contributed by atoms with Gasteiger partial charge in [-0.25, -0.2) is 0 Å². The smallest absolute Gasteiger partial charge is 0.269 e. The lowest BCUT2D eigenvalue weighted by Gasteiger charge is -2.65. The van der Waals surface area contributed by atoms with Crippen molar-refractivity contribution in [1.82, 2.24) is 9.80 Å². The summed E-state index contributed by atoms with van der Waals surface area (Å²) in [6.07, 6.45) is 3.21. The van der Waals surface area contributed by atoms with Crippen molar-refractivity contribution in [1.29, 1.82) is 0 Å². The van der Waals surface area contributed by atoms with Gasteiger partial charge in [-0.1, -0.05) is 0 Å². The second-order valence-corrected chi connectivity index (χ2v) is 11.3. The maximum absolute atomic E-state index is 13.6. The van der Waals surface area contributed by atoms with Gasteiger partial charge in [0.15, 0.2) is 0 Å². The average molecular weight is 516 g/mol. The molecule has 38 heavy (non-hydrogen) atoms. The highest BCUT2D eigenvalue weighted by molar-refractivity contribution is 6.23. The highest BCUT2D eigenvalue weighted by Crippen LogP contribution is 2.63. The predicted molar refractivity (Wildman–Crippen MR) is 127 cm³/mol. The third kappa shape index (κ3) is 2.74. The summed E-state index contributed by atoms with van der Waals surface area (Å²) in [5.74, 6) is -2.10. The minimum absolute atomic E-state index is 0.0120. The third-order valence-corrected chi connectivity index (χ3v) is 9.11. The van der Waals surface area contributed by atoms with Crippen molar-refractivity contribution in [3.63, 3.8) is 0 Å². The van der Waals surface area contributed by atoms with Crippen LogP contribution in [0.2, 0.25) is 0 Å². The predicted octanol–water partition coefficient (Wildman–Crippen LogP) is 3.49. The van der Waals surface area contributed by atoms with E-state index in [-0.39, 0.29) is 51.9 Å². The van der Waals surface area contributed by atoms with Crippen LogP contribution in [0.25, 0.3) is 0 Å². The van der Waals surface area contributed by atoms with Gasteiger partial charge in [0.25, 0.3) is 35.0 Å². The monoisotopic (exact) mass is 516 g/mol. The third-order valence-electron chi connectivity index (χ3n) is 9.11. The van der Waals surface area contributed by atoms with Gasteiger partial charge in [-0.3, -0.25) is 49.2 Å². The van der Waals surface area contributed by atoms with E-state index >= 15 is 0 Å². The van der Waals surface area contributed by atoms with E-state index in [1.807, 2.05) is 0 Å². The minimum Gasteiger partial charge on any atom is -0.269 e. The molecule has 6 aliphatic rings. The Bertz CT molecular complexity index is 1440. The zero-order chi connectivity index (χ0) is 26.7. The number of fused-ring (bicyclic) bond motifs is 2. The van der Waals surface area contributed by atoms with Crippen LogP contribution < -0.4 is 0 Å². The van der Waals surface area contributed by atoms with Gasteiger partial charge in [0.1, 0.15) is 0 Å². The molecule has 8 rings (SSSR count). The number of non-ortho nitro benzene ring substituents is 2. The van der Waals surface area contributed by atoms with Gasteiger partial charge in [-0.05, 0) is 62.5 Å². The molecule has 4 aliphatic carbocycles. The highest BCUT2D eigenvalue weighted by Gasteiger charge is 2.66. The first-order valence-electron chi connectivity index (χ1n) is 12.4. The Hall–Kier alpha value is -4.48. The molecule has 4 saturated carbocycles. The summed E-state index contributed by atoms with van der Waals surface area (Å²) >= 11 is 0. The number of nitro benzene ring substituents is 2. The number of imide groups is 2. The number of carbonyl (C=O) groups is 4. The van der Waals surface area contributed by atoms with Crippen LogP contribution >= 0.6 is 0 Å². The highest BCUT2D eigenvalue weighted by atomic mass is 16.6. The Kier molecular flexibility index (Phi) is 4.23. The molecule has 4 bridgehead atoms. The first-order valence-corrected chi connectivity index (χ1v) is 12.4. The molecule has 12 nitrogen and oxygen atoms in total. The van der Waals surface area contributed by atoms with E-state index < -0.39 is 44.6 Å². The van der Waals surface area contributed by atoms with Crippen LogP contribution in [-0.2, 0) is 0 Å². The molecule has 2 aliphatic heterocycles. The lowest BCUT2D eigenvalue weighted by molar-refractivity contribution is -0.385. The van der Waals surface area contributed by atoms with Crippen molar-refractivity contribution in [2.24, 2.45) is 11.8 Å². The number of hydrogen-bond donors (Lipinski definition) is 0. The molecule has 12 heteroatoms. The van der Waals surface area contributed by atoms with E-state index in [1.54, 1.807) is 0 Å². The van der Waals surface area contributed by atoms with Crippen LogP contribution in [0.3, 0.4) is 0 Å². The quantitative estimate of drug-likeness (QED) is 0.339. The van der Waals surface area contributed by atoms with Gasteiger partial charge in [-0.15, -0.1) is 0 Å². The molecule has 0 aromatic heterocycles. The molecule has 0 radical (unpaired) electrons. The summed E-state index contributed by atoms with van der Waals surface area (Å²) in [5, 5.41) is 22.6. The van der Waals surface area contributed by atoms with Gasteiger partial charge in [0.2, 0.25) is 0 Å². The molecule has 0 atom stereocenters. The molecule has 0 N–H and O–H groups in total. The summed E-state index contributed by atoms with van der Waals surface area (Å²) in [6.45, 7) is 0. The second kappa shape index (κ2) is 7.09. The van der Waals surface area contributed by atoms with Crippen LogP contribution in [0.15, 0.2) is 36.4 Å². The van der Waals surface area contributed by atoms with Gasteiger partial charge >= 0.3 is 0 Å². The lowest BCUT2D eigenvalue weighted by atomic mass is 9.49. The Morgan fingerprint density at radius 2 is 1.00 bits per heavy atom. The van der Waals surface area contributed by atoms with Crippen molar-refractivity contribution in [3.8, 4) is 0 Å². The first-order chi connectivity index (χ1) is 18.0. The standard InChI is InChI=1S/C26H20N4O8/c31-21-17-3-1-15(29(35)36)6-19(17)23(33)27(21)25-8-13-5-14(9-25)11-26(10-13,12-25)28-22(32)18-4-2-16(30(37)38)7-20(18)24(28)34/h1-4,6-7,13-14H,5,8-12H2. The minimum atomic E-state index is -0.937. The number of rotatable bonds is 4. The number of amides is 4. The maximum Gasteiger partial charge on any atom is 0.270 e. The molecule has 0 spiro atoms. The number of hydrogen-bond acceptors (Lipinski definition) is 8. The normalized spacial score (nSPS) is 30.7. The van der Waals surface area contributed by atoms with E-state index in [1.165, 1.54) is 34.1 Å². The molecule has 0 saturated heterocycles. The number of benzene rings is 2. The van der Waals surface area contributed by atoms with Crippen LogP contribution in [0.1, 0.15) is 80.0 Å². The molecule has 2 heterocycles. The number of carbonyl (C=O) groups excluding carboxylic acids is 4. The molecule has 0 unspecified atom stereocenters. The van der Waals surface area contributed by atoms with Gasteiger partial charge in [-0.2, -0.15) is 0 Å². The fourth-order valence-electron chi connectivity index (χ4n) is 8.24. The van der Waals surface area contributed by atoms with E-state index in [0.29, 0.717) is 25.7 Å². The van der Waals surface area contributed by atoms with Crippen molar-refractivity contribution in [2.75, 3.05) is 0 Å². The fourth-order valence-corrected chi connectivity index (χ4v) is 8.24. The molecule has 2 aromatic carbocycles. The van der Waals surface area contributed by atoms with Crippen LogP contribution in [0.4, 0.5) is 11.4 Å². The lowest BCUT2D eigenvalue weighted by Crippen LogP contribution is -2.71. The van der Waals surface area contributed by atoms with Crippen molar-refractivity contribution < 1.29 is 29.0 Å². The zero-order valence-corrected chi connectivity index (χ0v) is 19.9. The van der Waals surface area contributed by atoms with E-state index in [4.69, 9.17) is 0 Å². The number of nitrogens with zero attached hydrogens (tertiary/aromatic N) is 4. The number of nitro groups is 2. The van der Waals surface area contributed by atoms with E-state index in [0.717, 1.165) is 18.6 Å². The van der Waals surface area contributed by atoms with Gasteiger partial charge in [0.05, 0.1) is 43.2 Å². The maximum atomic E-state index is 13.6. The molecule has 4 fully saturated rings. The Morgan fingerprint density at radius 1 is 0.632 bits per heavy atom. The van der Waals surface area contributed by atoms with Crippen LogP contribution in [-0.4, -0.2) is 54.4 Å². The van der Waals surface area contributed by atoms with Crippen molar-refractivity contribution in [3.05, 3.63) is 78.9 Å². The summed E-state index contributed by atoms with van der Waals surface area (Å²) in [4.78, 5) is 78.1. The fraction of sp³-hybridized carbons (Fsp3) is 0.385. The zero-order valence-electron chi connectivity index (χ0n) is 19.9. The second-order valence-electron chi connectivity index (χ2n) is 11.3. The topological polar surface area (TPSA) is 161 Å². The Labute approximate surface area is 214 Å². The molecular formula is C26H20N4O8. The Balaban J connectivity index is 1.29. The molecule has 2 aromatic rings. The van der Waals surface area contributed by atoms with E-state index in [2.05, 4.69) is 0 Å². The Morgan fingerprint density at radius 3 is 1.37 bits per heavy atom. The van der Waals surface area contributed by atoms with Gasteiger partial charge in [0, 0.05) is 24.3 Å². The molecule has 4 amide bonds. The summed E-state index contributed by atoms with van der Waals surface area (Å²) in [5.41, 5.74) is -2.25. The molecular weight excluding hydrogens is 496 g/mol. The van der Waals surface area contributed by atoms with Gasteiger partial charge < -0.3 is 0 Å². The van der Waals surface area contributed by atoms with Crippen LogP contribution in [0.5, 0.6) is 0 Å². The van der Waals surface area contributed by atoms with Crippen LogP contribution in [0, 0.1) is 32.1 Å². The SMILES string of the molecule is O=C1c2ccc([N+](=O)[O-])cc2C(=O)N1C12CC3CC(C1)CC(N1C(=O)c4ccc([N+](=O)[O-])cc4C1=O)(C3)C2. The summed E-state index contributed by atoms with van der Waals surface area (Å²) < 4.78 is 0. The van der Waals surface area contributed by atoms with E-state index in [9.17, 15) is 39.4 Å². The largest absolute Gasteiger partial charge is 0.270 e. The molecule has 192 valence electrons.